The molecule has 2 rings (SSSR count). The van der Waals surface area contributed by atoms with Gasteiger partial charge >= 0.3 is 6.03 Å². The summed E-state index contributed by atoms with van der Waals surface area (Å²) in [6.07, 6.45) is -0.830. The SMILES string of the molecule is COc1ccc(OC[C@@H](O)CNC(=O)Nc2ccc(Cl)cc2)cc1. The molecule has 128 valence electrons. The lowest BCUT2D eigenvalue weighted by atomic mass is 10.3. The summed E-state index contributed by atoms with van der Waals surface area (Å²) in [6.45, 7) is 0.128. The molecule has 2 amide bonds. The molecule has 1 atom stereocenters. The van der Waals surface area contributed by atoms with Gasteiger partial charge in [-0.1, -0.05) is 11.6 Å². The zero-order valence-electron chi connectivity index (χ0n) is 13.2. The molecule has 0 fully saturated rings. The second kappa shape index (κ2) is 9.00. The van der Waals surface area contributed by atoms with Gasteiger partial charge in [-0.25, -0.2) is 4.79 Å². The number of carbonyl (C=O) groups excluding carboxylic acids is 1. The summed E-state index contributed by atoms with van der Waals surface area (Å²) in [6, 6.07) is 13.3. The molecule has 0 aliphatic heterocycles. The highest BCUT2D eigenvalue weighted by molar-refractivity contribution is 6.30. The Hall–Kier alpha value is -2.44. The number of amides is 2. The molecule has 0 unspecified atom stereocenters. The molecule has 0 spiro atoms. The Labute approximate surface area is 145 Å². The summed E-state index contributed by atoms with van der Waals surface area (Å²) >= 11 is 5.77. The van der Waals surface area contributed by atoms with Gasteiger partial charge in [-0.3, -0.25) is 0 Å². The van der Waals surface area contributed by atoms with E-state index in [4.69, 9.17) is 21.1 Å². The van der Waals surface area contributed by atoms with Crippen LogP contribution < -0.4 is 20.1 Å². The Morgan fingerprint density at radius 2 is 1.75 bits per heavy atom. The van der Waals surface area contributed by atoms with Crippen molar-refractivity contribution in [3.05, 3.63) is 53.6 Å². The lowest BCUT2D eigenvalue weighted by Gasteiger charge is -2.14. The third-order valence-corrected chi connectivity index (χ3v) is 3.35. The van der Waals surface area contributed by atoms with Crippen molar-refractivity contribution in [2.75, 3.05) is 25.6 Å². The number of rotatable bonds is 7. The Morgan fingerprint density at radius 1 is 1.12 bits per heavy atom. The number of anilines is 1. The van der Waals surface area contributed by atoms with E-state index in [-0.39, 0.29) is 13.2 Å². The van der Waals surface area contributed by atoms with Crippen molar-refractivity contribution in [1.82, 2.24) is 5.32 Å². The van der Waals surface area contributed by atoms with Gasteiger partial charge in [-0.15, -0.1) is 0 Å². The minimum absolute atomic E-state index is 0.0630. The van der Waals surface area contributed by atoms with Crippen molar-refractivity contribution in [1.29, 1.82) is 0 Å². The van der Waals surface area contributed by atoms with Crippen LogP contribution >= 0.6 is 11.6 Å². The standard InChI is InChI=1S/C17H19ClN2O4/c1-23-15-6-8-16(9-7-15)24-11-14(21)10-19-17(22)20-13-4-2-12(18)3-5-13/h2-9,14,21H,10-11H2,1H3,(H2,19,20,22)/t14-/m0/s1. The first-order chi connectivity index (χ1) is 11.6. The van der Waals surface area contributed by atoms with Gasteiger partial charge in [0.05, 0.1) is 7.11 Å². The van der Waals surface area contributed by atoms with Crippen molar-refractivity contribution in [2.24, 2.45) is 0 Å². The summed E-state index contributed by atoms with van der Waals surface area (Å²) in [5, 5.41) is 15.6. The van der Waals surface area contributed by atoms with E-state index in [0.717, 1.165) is 5.75 Å². The number of aliphatic hydroxyl groups is 1. The molecule has 0 saturated carbocycles. The fourth-order valence-corrected chi connectivity index (χ4v) is 1.97. The van der Waals surface area contributed by atoms with Crippen molar-refractivity contribution in [3.63, 3.8) is 0 Å². The van der Waals surface area contributed by atoms with Gasteiger partial charge in [0, 0.05) is 17.3 Å². The Bertz CT molecular complexity index is 647. The van der Waals surface area contributed by atoms with Gasteiger partial charge < -0.3 is 25.2 Å². The normalized spacial score (nSPS) is 11.5. The highest BCUT2D eigenvalue weighted by atomic mass is 35.5. The summed E-state index contributed by atoms with van der Waals surface area (Å²) in [5.74, 6) is 1.34. The van der Waals surface area contributed by atoms with Crippen molar-refractivity contribution >= 4 is 23.3 Å². The molecule has 0 aliphatic carbocycles. The van der Waals surface area contributed by atoms with Crippen LogP contribution in [0.5, 0.6) is 11.5 Å². The number of hydrogen-bond donors (Lipinski definition) is 3. The summed E-state index contributed by atoms with van der Waals surface area (Å²) < 4.78 is 10.5. The van der Waals surface area contributed by atoms with Crippen LogP contribution in [-0.4, -0.2) is 37.5 Å². The molecule has 7 heteroatoms. The number of nitrogens with one attached hydrogen (secondary N) is 2. The smallest absolute Gasteiger partial charge is 0.319 e. The summed E-state index contributed by atoms with van der Waals surface area (Å²) in [5.41, 5.74) is 0.612. The number of halogens is 1. The van der Waals surface area contributed by atoms with Gasteiger partial charge in [0.1, 0.15) is 24.2 Å². The van der Waals surface area contributed by atoms with E-state index in [2.05, 4.69) is 10.6 Å². The molecular weight excluding hydrogens is 332 g/mol. The lowest BCUT2D eigenvalue weighted by molar-refractivity contribution is 0.108. The van der Waals surface area contributed by atoms with Crippen LogP contribution in [0.4, 0.5) is 10.5 Å². The fraction of sp³-hybridized carbons (Fsp3) is 0.235. The van der Waals surface area contributed by atoms with E-state index in [1.807, 2.05) is 0 Å². The maximum atomic E-state index is 11.7. The number of urea groups is 1. The van der Waals surface area contributed by atoms with Crippen molar-refractivity contribution in [3.8, 4) is 11.5 Å². The molecule has 0 bridgehead atoms. The highest BCUT2D eigenvalue weighted by Crippen LogP contribution is 2.17. The number of ether oxygens (including phenoxy) is 2. The molecule has 2 aromatic carbocycles. The molecular formula is C17H19ClN2O4. The van der Waals surface area contributed by atoms with Crippen molar-refractivity contribution in [2.45, 2.75) is 6.10 Å². The third kappa shape index (κ3) is 5.98. The number of aliphatic hydroxyl groups excluding tert-OH is 1. The topological polar surface area (TPSA) is 79.8 Å². The first-order valence-electron chi connectivity index (χ1n) is 7.32. The zero-order valence-corrected chi connectivity index (χ0v) is 13.9. The van der Waals surface area contributed by atoms with Crippen LogP contribution in [-0.2, 0) is 0 Å². The third-order valence-electron chi connectivity index (χ3n) is 3.10. The monoisotopic (exact) mass is 350 g/mol. The van der Waals surface area contributed by atoms with E-state index in [9.17, 15) is 9.90 Å². The minimum atomic E-state index is -0.830. The van der Waals surface area contributed by atoms with E-state index in [0.29, 0.717) is 16.5 Å². The second-order valence-corrected chi connectivity index (χ2v) is 5.42. The first kappa shape index (κ1) is 17.9. The highest BCUT2D eigenvalue weighted by Gasteiger charge is 2.08. The number of hydrogen-bond acceptors (Lipinski definition) is 4. The van der Waals surface area contributed by atoms with Gasteiger partial charge in [0.15, 0.2) is 0 Å². The van der Waals surface area contributed by atoms with Gasteiger partial charge in [-0.05, 0) is 48.5 Å². The van der Waals surface area contributed by atoms with E-state index >= 15 is 0 Å². The number of benzene rings is 2. The quantitative estimate of drug-likeness (QED) is 0.717. The average molecular weight is 351 g/mol. The molecule has 0 aliphatic rings. The molecule has 0 heterocycles. The van der Waals surface area contributed by atoms with Crippen LogP contribution in [0.3, 0.4) is 0 Å². The molecule has 3 N–H and O–H groups in total. The second-order valence-electron chi connectivity index (χ2n) is 4.98. The molecule has 0 radical (unpaired) electrons. The van der Waals surface area contributed by atoms with Gasteiger partial charge in [0.2, 0.25) is 0 Å². The van der Waals surface area contributed by atoms with E-state index < -0.39 is 12.1 Å². The van der Waals surface area contributed by atoms with Crippen LogP contribution in [0.2, 0.25) is 5.02 Å². The first-order valence-corrected chi connectivity index (χ1v) is 7.70. The fourth-order valence-electron chi connectivity index (χ4n) is 1.84. The van der Waals surface area contributed by atoms with Crippen LogP contribution in [0.25, 0.3) is 0 Å². The van der Waals surface area contributed by atoms with E-state index in [1.54, 1.807) is 55.6 Å². The predicted octanol–water partition coefficient (Wildman–Crippen LogP) is 2.91. The predicted molar refractivity (Wildman–Crippen MR) is 93.0 cm³/mol. The number of carbonyl (C=O) groups is 1. The molecule has 0 saturated heterocycles. The van der Waals surface area contributed by atoms with Crippen molar-refractivity contribution < 1.29 is 19.4 Å². The number of methoxy groups -OCH3 is 1. The van der Waals surface area contributed by atoms with Crippen LogP contribution in [0, 0.1) is 0 Å². The average Bonchev–Trinajstić information content (AvgIpc) is 2.60. The minimum Gasteiger partial charge on any atom is -0.497 e. The summed E-state index contributed by atoms with van der Waals surface area (Å²) in [4.78, 5) is 11.7. The molecule has 2 aromatic rings. The molecule has 6 nitrogen and oxygen atoms in total. The van der Waals surface area contributed by atoms with Gasteiger partial charge in [-0.2, -0.15) is 0 Å². The zero-order chi connectivity index (χ0) is 17.4. The Kier molecular flexibility index (Phi) is 6.72. The van der Waals surface area contributed by atoms with E-state index in [1.165, 1.54) is 0 Å². The summed E-state index contributed by atoms with van der Waals surface area (Å²) in [7, 11) is 1.58. The van der Waals surface area contributed by atoms with Crippen LogP contribution in [0.15, 0.2) is 48.5 Å². The van der Waals surface area contributed by atoms with Gasteiger partial charge in [0.25, 0.3) is 0 Å². The largest absolute Gasteiger partial charge is 0.497 e. The van der Waals surface area contributed by atoms with Crippen LogP contribution in [0.1, 0.15) is 0 Å². The Morgan fingerprint density at radius 3 is 2.38 bits per heavy atom. The molecule has 0 aromatic heterocycles. The lowest BCUT2D eigenvalue weighted by Crippen LogP contribution is -2.37. The Balaban J connectivity index is 1.69. The maximum absolute atomic E-state index is 11.7. The maximum Gasteiger partial charge on any atom is 0.319 e. The molecule has 24 heavy (non-hydrogen) atoms.